The molecule has 0 saturated carbocycles. The summed E-state index contributed by atoms with van der Waals surface area (Å²) in [6.07, 6.45) is 0. The van der Waals surface area contributed by atoms with Gasteiger partial charge in [0.25, 0.3) is 0 Å². The van der Waals surface area contributed by atoms with Crippen LogP contribution in [0.2, 0.25) is 0 Å². The first-order valence-electron chi connectivity index (χ1n) is 2.46. The third-order valence-electron chi connectivity index (χ3n) is 1.04. The molecule has 0 bridgehead atoms. The molecule has 0 aliphatic carbocycles. The fraction of sp³-hybridized carbons (Fsp3) is 0.400. The zero-order valence-corrected chi connectivity index (χ0v) is 6.96. The number of rotatable bonds is 1. The van der Waals surface area contributed by atoms with Gasteiger partial charge in [-0.15, -0.1) is 3.96 Å². The lowest BCUT2D eigenvalue weighted by Crippen LogP contribution is -3.00. The smallest absolute Gasteiger partial charge is 0.329 e. The van der Waals surface area contributed by atoms with Crippen molar-refractivity contribution in [1.29, 1.82) is 0 Å². The summed E-state index contributed by atoms with van der Waals surface area (Å²) in [7, 11) is 3.94. The predicted octanol–water partition coefficient (Wildman–Crippen LogP) is -1.59. The number of anilines is 1. The molecule has 1 aromatic heterocycles. The minimum atomic E-state index is 0. The van der Waals surface area contributed by atoms with E-state index in [0.717, 1.165) is 5.82 Å². The van der Waals surface area contributed by atoms with Crippen LogP contribution in [0.1, 0.15) is 0 Å². The highest BCUT2D eigenvalue weighted by molar-refractivity contribution is 7.04. The lowest BCUT2D eigenvalue weighted by Gasteiger charge is -1.89. The summed E-state index contributed by atoms with van der Waals surface area (Å²) in [6.45, 7) is 0. The molecule has 0 aliphatic rings. The Bertz CT molecular complexity index is 175. The molecule has 1 heterocycles. The number of aryl methyl sites for hydroxylation is 1. The van der Waals surface area contributed by atoms with Crippen LogP contribution in [-0.2, 0) is 7.05 Å². The van der Waals surface area contributed by atoms with Crippen LogP contribution in [0, 0.1) is 0 Å². The lowest BCUT2D eigenvalue weighted by molar-refractivity contribution is -0.00000168. The van der Waals surface area contributed by atoms with Gasteiger partial charge >= 0.3 is 11.5 Å². The van der Waals surface area contributed by atoms with E-state index in [9.17, 15) is 0 Å². The Labute approximate surface area is 65.1 Å². The molecule has 0 unspecified atom stereocenters. The van der Waals surface area contributed by atoms with Crippen LogP contribution in [0.4, 0.5) is 5.82 Å². The van der Waals surface area contributed by atoms with E-state index in [0.29, 0.717) is 0 Å². The quantitative estimate of drug-likeness (QED) is 0.496. The highest BCUT2D eigenvalue weighted by Crippen LogP contribution is 2.08. The second-order valence-electron chi connectivity index (χ2n) is 1.54. The Hall–Kier alpha value is -0.280. The van der Waals surface area contributed by atoms with Gasteiger partial charge in [0.1, 0.15) is 0 Å². The van der Waals surface area contributed by atoms with Crippen molar-refractivity contribution in [2.24, 2.45) is 7.05 Å². The second kappa shape index (κ2) is 3.69. The van der Waals surface area contributed by atoms with Gasteiger partial charge in [-0.2, -0.15) is 0 Å². The Kier molecular flexibility index (Phi) is 3.58. The van der Waals surface area contributed by atoms with Crippen LogP contribution >= 0.6 is 11.5 Å². The molecule has 1 aromatic rings. The molecule has 0 amide bonds. The zero-order valence-electron chi connectivity index (χ0n) is 5.39. The molecule has 0 radical (unpaired) electrons. The summed E-state index contributed by atoms with van der Waals surface area (Å²) >= 11 is 1.68. The number of nitrogens with one attached hydrogen (secondary N) is 1. The summed E-state index contributed by atoms with van der Waals surface area (Å²) in [6, 6.07) is 2.05. The Morgan fingerprint density at radius 1 is 1.67 bits per heavy atom. The molecule has 0 aromatic carbocycles. The molecule has 52 valence electrons. The molecular formula is C5H9ClN2S. The number of nitrogens with zero attached hydrogens (tertiary/aromatic N) is 1. The topological polar surface area (TPSA) is 17.0 Å². The van der Waals surface area contributed by atoms with Crippen molar-refractivity contribution in [2.45, 2.75) is 0 Å². The van der Waals surface area contributed by atoms with Crippen molar-refractivity contribution in [2.75, 3.05) is 12.4 Å². The maximum absolute atomic E-state index is 3.05. The van der Waals surface area contributed by atoms with Crippen molar-refractivity contribution >= 4 is 17.4 Å². The van der Waals surface area contributed by atoms with E-state index in [2.05, 4.69) is 9.27 Å². The average Bonchev–Trinajstić information content (AvgIpc) is 2.14. The lowest BCUT2D eigenvalue weighted by atomic mass is 10.6. The molecule has 1 N–H and O–H groups in total. The van der Waals surface area contributed by atoms with Crippen LogP contribution in [-0.4, -0.2) is 11.0 Å². The first-order valence-corrected chi connectivity index (χ1v) is 3.30. The molecule has 0 spiro atoms. The van der Waals surface area contributed by atoms with Crippen LogP contribution in [0.25, 0.3) is 0 Å². The Morgan fingerprint density at radius 2 is 2.33 bits per heavy atom. The monoisotopic (exact) mass is 164 g/mol. The molecule has 0 saturated heterocycles. The minimum absolute atomic E-state index is 0. The van der Waals surface area contributed by atoms with Gasteiger partial charge in [-0.1, -0.05) is 0 Å². The minimum Gasteiger partial charge on any atom is -1.00 e. The largest absolute Gasteiger partial charge is 1.00 e. The fourth-order valence-corrected chi connectivity index (χ4v) is 1.23. The average molecular weight is 165 g/mol. The predicted molar refractivity (Wildman–Crippen MR) is 37.2 cm³/mol. The highest BCUT2D eigenvalue weighted by atomic mass is 35.5. The summed E-state index contributed by atoms with van der Waals surface area (Å²) in [5.74, 6) is 1.16. The van der Waals surface area contributed by atoms with Crippen LogP contribution in [0.15, 0.2) is 11.4 Å². The number of halogens is 1. The van der Waals surface area contributed by atoms with Crippen LogP contribution < -0.4 is 17.7 Å². The van der Waals surface area contributed by atoms with Gasteiger partial charge in [-0.3, -0.25) is 0 Å². The summed E-state index contributed by atoms with van der Waals surface area (Å²) in [5.41, 5.74) is 0. The van der Waals surface area contributed by atoms with Gasteiger partial charge < -0.3 is 17.7 Å². The second-order valence-corrected chi connectivity index (χ2v) is 2.57. The molecule has 9 heavy (non-hydrogen) atoms. The van der Waals surface area contributed by atoms with E-state index in [1.807, 2.05) is 25.5 Å². The number of hydrogen-bond donors (Lipinski definition) is 1. The maximum atomic E-state index is 3.05. The molecule has 0 atom stereocenters. The first-order chi connectivity index (χ1) is 3.84. The third-order valence-corrected chi connectivity index (χ3v) is 1.81. The van der Waals surface area contributed by atoms with E-state index < -0.39 is 0 Å². The van der Waals surface area contributed by atoms with Crippen molar-refractivity contribution in [3.63, 3.8) is 0 Å². The van der Waals surface area contributed by atoms with E-state index in [4.69, 9.17) is 0 Å². The van der Waals surface area contributed by atoms with Gasteiger partial charge in [0.2, 0.25) is 5.38 Å². The third kappa shape index (κ3) is 1.84. The van der Waals surface area contributed by atoms with Crippen LogP contribution in [0.5, 0.6) is 0 Å². The maximum Gasteiger partial charge on any atom is 0.329 e. The van der Waals surface area contributed by atoms with Crippen molar-refractivity contribution in [3.05, 3.63) is 11.4 Å². The standard InChI is InChI=1S/C5H9N2S.ClH/c1-6-5-3-4-8-7(5)2;/h3-4,6H,1-2H3;1H/q+1;/p-1. The van der Waals surface area contributed by atoms with Gasteiger partial charge in [0, 0.05) is 13.1 Å². The number of hydrogen-bond acceptors (Lipinski definition) is 1. The molecular weight excluding hydrogens is 156 g/mol. The van der Waals surface area contributed by atoms with E-state index in [1.54, 1.807) is 11.5 Å². The van der Waals surface area contributed by atoms with Gasteiger partial charge in [0.15, 0.2) is 5.82 Å². The van der Waals surface area contributed by atoms with Crippen molar-refractivity contribution in [3.8, 4) is 0 Å². The van der Waals surface area contributed by atoms with E-state index in [1.165, 1.54) is 0 Å². The van der Waals surface area contributed by atoms with Gasteiger partial charge in [-0.05, 0) is 0 Å². The molecule has 0 aliphatic heterocycles. The fourth-order valence-electron chi connectivity index (χ4n) is 0.589. The summed E-state index contributed by atoms with van der Waals surface area (Å²) in [4.78, 5) is 0. The molecule has 2 nitrogen and oxygen atoms in total. The van der Waals surface area contributed by atoms with Crippen molar-refractivity contribution in [1.82, 2.24) is 3.96 Å². The van der Waals surface area contributed by atoms with E-state index >= 15 is 0 Å². The highest BCUT2D eigenvalue weighted by Gasteiger charge is 2.01. The normalized spacial score (nSPS) is 8.22. The molecule has 4 heteroatoms. The summed E-state index contributed by atoms with van der Waals surface area (Å²) < 4.78 is 2.07. The van der Waals surface area contributed by atoms with Crippen LogP contribution in [0.3, 0.4) is 0 Å². The first kappa shape index (κ1) is 8.72. The van der Waals surface area contributed by atoms with Crippen molar-refractivity contribution < 1.29 is 12.4 Å². The summed E-state index contributed by atoms with van der Waals surface area (Å²) in [5, 5.41) is 5.10. The Morgan fingerprint density at radius 3 is 2.56 bits per heavy atom. The SMILES string of the molecule is CNc1cc[s+]n1C.[Cl-]. The molecule has 0 fully saturated rings. The van der Waals surface area contributed by atoms with E-state index in [-0.39, 0.29) is 12.4 Å². The molecule has 1 rings (SSSR count). The number of aromatic nitrogens is 1. The zero-order chi connectivity index (χ0) is 5.98. The van der Waals surface area contributed by atoms with Gasteiger partial charge in [-0.25, -0.2) is 0 Å². The Balaban J connectivity index is 0.000000640. The van der Waals surface area contributed by atoms with Gasteiger partial charge in [0.05, 0.1) is 7.05 Å².